The molecule has 3 atom stereocenters. The zero-order chi connectivity index (χ0) is 55.3. The smallest absolute Gasteiger partial charge is 0.306 e. The fraction of sp³-hybridized carbons (Fsp3) is 0.645. The lowest BCUT2D eigenvalue weighted by atomic mass is 9.84. The van der Waals surface area contributed by atoms with Crippen LogP contribution in [0.15, 0.2) is 91.0 Å². The Balaban J connectivity index is 1.22. The molecule has 3 rings (SSSR count). The van der Waals surface area contributed by atoms with E-state index >= 15 is 0 Å². The van der Waals surface area contributed by atoms with Crippen LogP contribution in [0, 0.1) is 0 Å². The summed E-state index contributed by atoms with van der Waals surface area (Å²) >= 11 is 3.08. The molecule has 0 bridgehead atoms. The summed E-state index contributed by atoms with van der Waals surface area (Å²) in [6, 6.07) is 29.6. The van der Waals surface area contributed by atoms with Crippen LogP contribution in [0.1, 0.15) is 172 Å². The first-order valence-electron chi connectivity index (χ1n) is 29.2. The van der Waals surface area contributed by atoms with Crippen molar-refractivity contribution in [2.75, 3.05) is 76.6 Å². The molecule has 3 aromatic carbocycles. The number of nitrogens with two attached hydrogens (primary N) is 2. The number of benzene rings is 3. The molecular weight excluding hydrogens is 1010 g/mol. The van der Waals surface area contributed by atoms with Gasteiger partial charge in [-0.3, -0.25) is 19.2 Å². The second-order valence-electron chi connectivity index (χ2n) is 19.9. The van der Waals surface area contributed by atoms with Crippen LogP contribution in [0.4, 0.5) is 0 Å². The first kappa shape index (κ1) is 67.3. The Morgan fingerprint density at radius 2 is 0.844 bits per heavy atom. The second-order valence-corrected chi connectivity index (χ2v) is 22.2. The summed E-state index contributed by atoms with van der Waals surface area (Å²) in [6.45, 7) is 7.92. The van der Waals surface area contributed by atoms with Crippen molar-refractivity contribution >= 4 is 47.3 Å². The van der Waals surface area contributed by atoms with Crippen molar-refractivity contribution in [3.8, 4) is 0 Å². The molecule has 0 saturated heterocycles. The fourth-order valence-corrected chi connectivity index (χ4v) is 11.3. The molecule has 3 unspecified atom stereocenters. The molecule has 0 aliphatic carbocycles. The first-order chi connectivity index (χ1) is 37.7. The predicted octanol–water partition coefficient (Wildman–Crippen LogP) is 11.5. The lowest BCUT2D eigenvalue weighted by molar-refractivity contribution is -0.157. The van der Waals surface area contributed by atoms with Crippen molar-refractivity contribution in [3.05, 3.63) is 108 Å². The summed E-state index contributed by atoms with van der Waals surface area (Å²) in [6.07, 6.45) is 22.3. The molecule has 0 spiro atoms. The van der Waals surface area contributed by atoms with Crippen molar-refractivity contribution in [2.24, 2.45) is 11.5 Å². The van der Waals surface area contributed by atoms with Crippen LogP contribution in [0.3, 0.4) is 0 Å². The maximum absolute atomic E-state index is 13.1. The molecule has 3 aromatic rings. The molecule has 0 radical (unpaired) electrons. The van der Waals surface area contributed by atoms with Gasteiger partial charge >= 0.3 is 11.9 Å². The Hall–Kier alpha value is -3.96. The number of nitrogens with one attached hydrogen (secondary N) is 2. The lowest BCUT2D eigenvalue weighted by Gasteiger charge is -2.36. The van der Waals surface area contributed by atoms with E-state index in [9.17, 15) is 19.2 Å². The number of rotatable bonds is 49. The molecule has 0 aliphatic rings. The Labute approximate surface area is 472 Å². The summed E-state index contributed by atoms with van der Waals surface area (Å²) in [5, 5.41) is 5.85. The van der Waals surface area contributed by atoms with E-state index in [0.717, 1.165) is 55.2 Å². The zero-order valence-corrected chi connectivity index (χ0v) is 48.7. The van der Waals surface area contributed by atoms with Crippen molar-refractivity contribution in [1.29, 1.82) is 0 Å². The summed E-state index contributed by atoms with van der Waals surface area (Å²) in [4.78, 5) is 51.3. The summed E-state index contributed by atoms with van der Waals surface area (Å²) < 4.78 is 27.9. The molecule has 2 amide bonds. The van der Waals surface area contributed by atoms with Gasteiger partial charge < -0.3 is 45.8 Å². The van der Waals surface area contributed by atoms with Crippen LogP contribution in [-0.2, 0) is 47.6 Å². The third-order valence-corrected chi connectivity index (χ3v) is 16.1. The predicted molar refractivity (Wildman–Crippen MR) is 317 cm³/mol. The number of unbranched alkanes of at least 4 members (excludes halogenated alkanes) is 16. The van der Waals surface area contributed by atoms with Crippen LogP contribution < -0.4 is 22.1 Å². The number of esters is 2. The van der Waals surface area contributed by atoms with Crippen molar-refractivity contribution in [1.82, 2.24) is 10.6 Å². The second kappa shape index (κ2) is 44.8. The summed E-state index contributed by atoms with van der Waals surface area (Å²) in [5.74, 6) is 0.102. The highest BCUT2D eigenvalue weighted by molar-refractivity contribution is 8.00. The number of carbonyl (C=O) groups is 4. The van der Waals surface area contributed by atoms with E-state index in [-0.39, 0.29) is 30.4 Å². The van der Waals surface area contributed by atoms with Gasteiger partial charge in [-0.1, -0.05) is 208 Å². The Morgan fingerprint density at radius 3 is 1.27 bits per heavy atom. The highest BCUT2D eigenvalue weighted by Crippen LogP contribution is 2.48. The minimum absolute atomic E-state index is 0.00404. The first-order valence-corrected chi connectivity index (χ1v) is 31.4. The molecule has 0 saturated carbocycles. The monoisotopic (exact) mass is 1110 g/mol. The van der Waals surface area contributed by atoms with E-state index in [1.807, 2.05) is 54.6 Å². The molecule has 0 heterocycles. The van der Waals surface area contributed by atoms with Gasteiger partial charge in [-0.15, -0.1) is 11.8 Å². The lowest BCUT2D eigenvalue weighted by Crippen LogP contribution is -2.43. The topological polar surface area (TPSA) is 191 Å². The molecule has 13 nitrogen and oxygen atoms in total. The maximum atomic E-state index is 13.1. The maximum Gasteiger partial charge on any atom is 0.306 e. The van der Waals surface area contributed by atoms with Crippen LogP contribution >= 0.6 is 23.5 Å². The number of thioether (sulfide) groups is 2. The summed E-state index contributed by atoms with van der Waals surface area (Å²) in [5.41, 5.74) is 16.1. The number of carbonyl (C=O) groups excluding carboxylic acids is 4. The standard InChI is InChI=1S/C62H98N4O9S2/c1-3-5-7-9-11-13-15-17-28-38-58(67)74-48-55(75-59(68)39-29-18-16-14-12-10-8-6-4-2)49-76-50-56(63)60(69)65-40-30-42-71-44-46-73-47-45-72-43-31-41-66-61(70)57(64)51-77-62(52-32-22-19-23-33-52,53-34-24-20-25-35-53)54-36-26-21-27-37-54/h19-27,32-37,55-57H,3-18,28-31,38-51,63-64H2,1-2H3,(H,65,69)(H,66,70). The Bertz CT molecular complexity index is 1840. The van der Waals surface area contributed by atoms with Crippen LogP contribution in [0.2, 0.25) is 0 Å². The van der Waals surface area contributed by atoms with E-state index in [4.69, 9.17) is 35.2 Å². The van der Waals surface area contributed by atoms with Gasteiger partial charge in [0.1, 0.15) is 12.7 Å². The normalized spacial score (nSPS) is 12.7. The van der Waals surface area contributed by atoms with E-state index in [1.165, 1.54) is 88.8 Å². The van der Waals surface area contributed by atoms with Gasteiger partial charge in [0.15, 0.2) is 0 Å². The molecule has 77 heavy (non-hydrogen) atoms. The van der Waals surface area contributed by atoms with Crippen molar-refractivity contribution < 1.29 is 42.9 Å². The summed E-state index contributed by atoms with van der Waals surface area (Å²) in [7, 11) is 0. The zero-order valence-electron chi connectivity index (χ0n) is 47.1. The number of hydrogen-bond acceptors (Lipinski definition) is 13. The average molecular weight is 1110 g/mol. The van der Waals surface area contributed by atoms with Crippen LogP contribution in [0.5, 0.6) is 0 Å². The SMILES string of the molecule is CCCCCCCCCCCC(=O)OCC(CSCC(N)C(=O)NCCCOCCOCCOCCCNC(=O)C(N)CSC(c1ccccc1)(c1ccccc1)c1ccccc1)OC(=O)CCCCCCCCCCC. The van der Waals surface area contributed by atoms with E-state index in [0.29, 0.717) is 95.7 Å². The molecule has 0 fully saturated rings. The number of amides is 2. The minimum Gasteiger partial charge on any atom is -0.462 e. The quantitative estimate of drug-likeness (QED) is 0.0238. The van der Waals surface area contributed by atoms with Gasteiger partial charge in [-0.05, 0) is 42.4 Å². The van der Waals surface area contributed by atoms with E-state index < -0.39 is 22.9 Å². The molecule has 0 aromatic heterocycles. The largest absolute Gasteiger partial charge is 0.462 e. The minimum atomic E-state index is -0.747. The van der Waals surface area contributed by atoms with Crippen molar-refractivity contribution in [2.45, 2.75) is 178 Å². The van der Waals surface area contributed by atoms with E-state index in [1.54, 1.807) is 11.8 Å². The third-order valence-electron chi connectivity index (χ3n) is 13.3. The van der Waals surface area contributed by atoms with Crippen LogP contribution in [0.25, 0.3) is 0 Å². The van der Waals surface area contributed by atoms with Gasteiger partial charge in [0.05, 0.1) is 43.3 Å². The molecule has 0 aliphatic heterocycles. The fourth-order valence-electron chi connectivity index (χ4n) is 8.82. The highest BCUT2D eigenvalue weighted by Gasteiger charge is 2.38. The van der Waals surface area contributed by atoms with E-state index in [2.05, 4.69) is 60.9 Å². The molecule has 6 N–H and O–H groups in total. The molecule has 432 valence electrons. The number of ether oxygens (including phenoxy) is 5. The molecular formula is C62H98N4O9S2. The van der Waals surface area contributed by atoms with Crippen LogP contribution in [-0.4, -0.2) is 119 Å². The number of hydrogen-bond donors (Lipinski definition) is 4. The van der Waals surface area contributed by atoms with Gasteiger partial charge in [-0.2, -0.15) is 11.8 Å². The Morgan fingerprint density at radius 1 is 0.468 bits per heavy atom. The Kier molecular flexibility index (Phi) is 39.2. The van der Waals surface area contributed by atoms with Gasteiger partial charge in [0.25, 0.3) is 0 Å². The third kappa shape index (κ3) is 30.8. The average Bonchev–Trinajstić information content (AvgIpc) is 3.46. The highest BCUT2D eigenvalue weighted by atomic mass is 32.2. The van der Waals surface area contributed by atoms with Gasteiger partial charge in [-0.25, -0.2) is 0 Å². The van der Waals surface area contributed by atoms with Gasteiger partial charge in [0, 0.05) is 56.4 Å². The molecule has 15 heteroatoms. The van der Waals surface area contributed by atoms with Crippen molar-refractivity contribution in [3.63, 3.8) is 0 Å². The van der Waals surface area contributed by atoms with Gasteiger partial charge in [0.2, 0.25) is 11.8 Å².